The Morgan fingerprint density at radius 2 is 2.00 bits per heavy atom. The van der Waals surface area contributed by atoms with Crippen molar-refractivity contribution in [2.45, 2.75) is 17.7 Å². The summed E-state index contributed by atoms with van der Waals surface area (Å²) < 4.78 is 32.1. The first kappa shape index (κ1) is 22.3. The van der Waals surface area contributed by atoms with Gasteiger partial charge in [0.25, 0.3) is 0 Å². The molecule has 0 unspecified atom stereocenters. The third-order valence-corrected chi connectivity index (χ3v) is 7.12. The van der Waals surface area contributed by atoms with Gasteiger partial charge in [0.15, 0.2) is 17.3 Å². The maximum atomic E-state index is 12.7. The van der Waals surface area contributed by atoms with E-state index in [-0.39, 0.29) is 22.0 Å². The number of para-hydroxylation sites is 2. The van der Waals surface area contributed by atoms with E-state index in [2.05, 4.69) is 9.97 Å². The number of sulfonamides is 1. The minimum Gasteiger partial charge on any atom is -0.507 e. The quantitative estimate of drug-likeness (QED) is 0.231. The van der Waals surface area contributed by atoms with Crippen molar-refractivity contribution in [2.75, 3.05) is 19.7 Å². The zero-order valence-corrected chi connectivity index (χ0v) is 18.1. The molecule has 11 nitrogen and oxygen atoms in total. The fourth-order valence-electron chi connectivity index (χ4n) is 3.54. The first-order chi connectivity index (χ1) is 15.8. The third kappa shape index (κ3) is 4.36. The Morgan fingerprint density at radius 1 is 1.27 bits per heavy atom. The van der Waals surface area contributed by atoms with Crippen LogP contribution in [0.25, 0.3) is 16.6 Å². The lowest BCUT2D eigenvalue weighted by Gasteiger charge is -2.16. The molecule has 4 rings (SSSR count). The Hall–Kier alpha value is -3.95. The number of hydrogen-bond acceptors (Lipinski definition) is 8. The lowest BCUT2D eigenvalue weighted by atomic mass is 10.2. The normalized spacial score (nSPS) is 15.2. The number of nitro benzene ring substituents is 1. The predicted molar refractivity (Wildman–Crippen MR) is 118 cm³/mol. The van der Waals surface area contributed by atoms with Crippen molar-refractivity contribution in [3.05, 3.63) is 64.2 Å². The molecular weight excluding hydrogens is 450 g/mol. The monoisotopic (exact) mass is 469 g/mol. The number of benzene rings is 2. The first-order valence-corrected chi connectivity index (χ1v) is 11.4. The van der Waals surface area contributed by atoms with Crippen LogP contribution in [0.2, 0.25) is 0 Å². The van der Waals surface area contributed by atoms with Gasteiger partial charge >= 0.3 is 5.69 Å². The van der Waals surface area contributed by atoms with Crippen LogP contribution in [0.3, 0.4) is 0 Å². The van der Waals surface area contributed by atoms with Gasteiger partial charge in [0.05, 0.1) is 20.9 Å². The van der Waals surface area contributed by atoms with E-state index in [1.54, 1.807) is 24.3 Å². The van der Waals surface area contributed by atoms with Gasteiger partial charge in [-0.05, 0) is 37.1 Å². The van der Waals surface area contributed by atoms with Gasteiger partial charge in [0, 0.05) is 19.2 Å². The van der Waals surface area contributed by atoms with Gasteiger partial charge in [-0.1, -0.05) is 12.1 Å². The van der Waals surface area contributed by atoms with Gasteiger partial charge in [-0.25, -0.2) is 13.4 Å². The molecule has 1 saturated heterocycles. The molecule has 1 aromatic heterocycles. The maximum absolute atomic E-state index is 12.7. The molecular formula is C21H19N5O6S. The summed E-state index contributed by atoms with van der Waals surface area (Å²) >= 11 is 0. The highest BCUT2D eigenvalue weighted by atomic mass is 32.2. The van der Waals surface area contributed by atoms with E-state index in [1.165, 1.54) is 16.4 Å². The number of fused-ring (bicyclic) bond motifs is 1. The van der Waals surface area contributed by atoms with Crippen LogP contribution < -0.4 is 4.74 Å². The van der Waals surface area contributed by atoms with Gasteiger partial charge in [-0.2, -0.15) is 9.57 Å². The van der Waals surface area contributed by atoms with E-state index < -0.39 is 33.0 Å². The van der Waals surface area contributed by atoms with Gasteiger partial charge < -0.3 is 14.8 Å². The number of aliphatic hydroxyl groups excluding tert-OH is 1. The molecule has 1 aliphatic heterocycles. The number of nitriles is 1. The average molecular weight is 469 g/mol. The van der Waals surface area contributed by atoms with E-state index in [0.29, 0.717) is 24.1 Å². The van der Waals surface area contributed by atoms with E-state index in [4.69, 9.17) is 4.74 Å². The summed E-state index contributed by atoms with van der Waals surface area (Å²) in [5.41, 5.74) is 0.520. The maximum Gasteiger partial charge on any atom is 0.312 e. The molecule has 0 radical (unpaired) electrons. The molecule has 2 aromatic carbocycles. The van der Waals surface area contributed by atoms with Crippen molar-refractivity contribution in [1.82, 2.24) is 14.3 Å². The number of H-pyrrole nitrogens is 1. The number of aromatic nitrogens is 2. The number of aliphatic hydroxyl groups is 1. The van der Waals surface area contributed by atoms with E-state index >= 15 is 0 Å². The fraction of sp³-hybridized carbons (Fsp3) is 0.238. The van der Waals surface area contributed by atoms with Crippen LogP contribution in [0, 0.1) is 21.4 Å². The second kappa shape index (κ2) is 8.89. The number of aromatic amines is 1. The predicted octanol–water partition coefficient (Wildman–Crippen LogP) is 3.13. The SMILES string of the molecule is N#CC(=C(O)COc1ccc(S(=O)(=O)N2CCCC2)cc1[N+](=O)[O-])c1nc2ccccc2[nH]1. The first-order valence-electron chi connectivity index (χ1n) is 10.00. The van der Waals surface area contributed by atoms with Crippen molar-refractivity contribution in [3.63, 3.8) is 0 Å². The van der Waals surface area contributed by atoms with Crippen LogP contribution in [0.5, 0.6) is 5.75 Å². The average Bonchev–Trinajstić information content (AvgIpc) is 3.48. The Bertz CT molecular complexity index is 1370. The largest absolute Gasteiger partial charge is 0.507 e. The lowest BCUT2D eigenvalue weighted by molar-refractivity contribution is -0.386. The molecule has 0 bridgehead atoms. The molecule has 0 spiro atoms. The molecule has 2 heterocycles. The van der Waals surface area contributed by atoms with Crippen LogP contribution in [-0.4, -0.2) is 52.4 Å². The Labute approximate surface area is 188 Å². The number of nitrogens with one attached hydrogen (secondary N) is 1. The fourth-order valence-corrected chi connectivity index (χ4v) is 5.08. The smallest absolute Gasteiger partial charge is 0.312 e. The minimum atomic E-state index is -3.85. The summed E-state index contributed by atoms with van der Waals surface area (Å²) in [6.07, 6.45) is 1.47. The Kier molecular flexibility index (Phi) is 5.99. The number of ether oxygens (including phenoxy) is 1. The number of allylic oxidation sites excluding steroid dienone is 1. The summed E-state index contributed by atoms with van der Waals surface area (Å²) in [6, 6.07) is 12.2. The van der Waals surface area contributed by atoms with Gasteiger partial charge in [-0.15, -0.1) is 0 Å². The summed E-state index contributed by atoms with van der Waals surface area (Å²) in [5.74, 6) is -0.602. The zero-order valence-electron chi connectivity index (χ0n) is 17.3. The van der Waals surface area contributed by atoms with E-state index in [1.807, 2.05) is 6.07 Å². The molecule has 0 amide bonds. The zero-order chi connectivity index (χ0) is 23.6. The molecule has 170 valence electrons. The standard InChI is InChI=1S/C21H19N5O6S/c22-12-15(21-23-16-5-1-2-6-17(16)24-21)19(27)13-32-20-8-7-14(11-18(20)26(28)29)33(30,31)25-9-3-4-10-25/h1-2,5-8,11,27H,3-4,9-10,13H2,(H,23,24). The number of nitro groups is 1. The van der Waals surface area contributed by atoms with Crippen LogP contribution in [0.15, 0.2) is 53.1 Å². The van der Waals surface area contributed by atoms with Crippen LogP contribution in [-0.2, 0) is 10.0 Å². The minimum absolute atomic E-state index is 0.126. The molecule has 1 fully saturated rings. The van der Waals surface area contributed by atoms with Crippen molar-refractivity contribution < 1.29 is 23.2 Å². The van der Waals surface area contributed by atoms with Crippen LogP contribution in [0.1, 0.15) is 18.7 Å². The van der Waals surface area contributed by atoms with E-state index in [0.717, 1.165) is 18.9 Å². The van der Waals surface area contributed by atoms with Gasteiger partial charge in [0.1, 0.15) is 18.2 Å². The van der Waals surface area contributed by atoms with Crippen LogP contribution in [0.4, 0.5) is 5.69 Å². The number of nitrogens with zero attached hydrogens (tertiary/aromatic N) is 4. The van der Waals surface area contributed by atoms with Crippen molar-refractivity contribution in [3.8, 4) is 11.8 Å². The molecule has 3 aromatic rings. The summed E-state index contributed by atoms with van der Waals surface area (Å²) in [5, 5.41) is 31.4. The van der Waals surface area contributed by atoms with Crippen molar-refractivity contribution in [1.29, 1.82) is 5.26 Å². The molecule has 0 saturated carbocycles. The number of hydrogen-bond donors (Lipinski definition) is 2. The molecule has 0 atom stereocenters. The summed E-state index contributed by atoms with van der Waals surface area (Å²) in [7, 11) is -3.85. The van der Waals surface area contributed by atoms with Crippen LogP contribution >= 0.6 is 0 Å². The summed E-state index contributed by atoms with van der Waals surface area (Å²) in [4.78, 5) is 17.8. The lowest BCUT2D eigenvalue weighted by Crippen LogP contribution is -2.27. The third-order valence-electron chi connectivity index (χ3n) is 5.22. The van der Waals surface area contributed by atoms with Gasteiger partial charge in [-0.3, -0.25) is 10.1 Å². The second-order valence-corrected chi connectivity index (χ2v) is 9.26. The highest BCUT2D eigenvalue weighted by Gasteiger charge is 2.30. The Morgan fingerprint density at radius 3 is 2.67 bits per heavy atom. The number of imidazole rings is 1. The summed E-state index contributed by atoms with van der Waals surface area (Å²) in [6.45, 7) is 0.177. The number of rotatable bonds is 7. The highest BCUT2D eigenvalue weighted by Crippen LogP contribution is 2.32. The molecule has 0 aliphatic carbocycles. The second-order valence-electron chi connectivity index (χ2n) is 7.32. The molecule has 2 N–H and O–H groups in total. The van der Waals surface area contributed by atoms with E-state index in [9.17, 15) is 28.9 Å². The molecule has 1 aliphatic rings. The molecule has 33 heavy (non-hydrogen) atoms. The topological polar surface area (TPSA) is 162 Å². The van der Waals surface area contributed by atoms with Gasteiger partial charge in [0.2, 0.25) is 10.0 Å². The Balaban J connectivity index is 1.60. The van der Waals surface area contributed by atoms with Crippen molar-refractivity contribution >= 4 is 32.3 Å². The molecule has 12 heteroatoms. The van der Waals surface area contributed by atoms with Crippen molar-refractivity contribution in [2.24, 2.45) is 0 Å². The highest BCUT2D eigenvalue weighted by molar-refractivity contribution is 7.89.